The summed E-state index contributed by atoms with van der Waals surface area (Å²) in [4.78, 5) is 62.6. The van der Waals surface area contributed by atoms with Gasteiger partial charge in [-0.1, -0.05) is 6.08 Å². The lowest BCUT2D eigenvalue weighted by molar-refractivity contribution is 0.0998. The predicted molar refractivity (Wildman–Crippen MR) is 131 cm³/mol. The number of carbonyl (C=O) groups is 4. The van der Waals surface area contributed by atoms with Gasteiger partial charge in [0.15, 0.2) is 35.7 Å². The van der Waals surface area contributed by atoms with Crippen LogP contribution in [0, 0.1) is 0 Å². The minimum absolute atomic E-state index is 0.00367. The highest BCUT2D eigenvalue weighted by Crippen LogP contribution is 2.39. The third-order valence-corrected chi connectivity index (χ3v) is 6.17. The largest absolute Gasteiger partial charge is 0.496 e. The minimum Gasteiger partial charge on any atom is -0.496 e. The molecule has 3 aromatic rings. The number of benzene rings is 2. The Labute approximate surface area is 200 Å². The van der Waals surface area contributed by atoms with E-state index in [0.717, 1.165) is 12.1 Å². The van der Waals surface area contributed by atoms with E-state index in [4.69, 9.17) is 9.15 Å². The monoisotopic (exact) mass is 473 g/mol. The molecule has 8 heteroatoms. The SMILES string of the molecule is COc1cc(C=O)c2c(=O)cc(-c3cc(C=O)c(C(C)=O)c(C=O)c3)oc2c1C1=CCN(C)CC1. The molecular formula is C27H23NO7. The Kier molecular flexibility index (Phi) is 6.57. The Morgan fingerprint density at radius 3 is 2.20 bits per heavy atom. The van der Waals surface area contributed by atoms with Crippen LogP contribution in [0.25, 0.3) is 27.9 Å². The van der Waals surface area contributed by atoms with Crippen molar-refractivity contribution in [3.8, 4) is 17.1 Å². The fourth-order valence-corrected chi connectivity index (χ4v) is 4.46. The van der Waals surface area contributed by atoms with Gasteiger partial charge in [0, 0.05) is 47.0 Å². The van der Waals surface area contributed by atoms with E-state index in [9.17, 15) is 24.0 Å². The quantitative estimate of drug-likeness (QED) is 0.376. The maximum atomic E-state index is 13.2. The van der Waals surface area contributed by atoms with Crippen LogP contribution < -0.4 is 10.2 Å². The van der Waals surface area contributed by atoms with Crippen LogP contribution >= 0.6 is 0 Å². The summed E-state index contributed by atoms with van der Waals surface area (Å²) < 4.78 is 11.8. The Hall–Kier alpha value is -4.17. The second-order valence-corrected chi connectivity index (χ2v) is 8.40. The number of carbonyl (C=O) groups excluding carboxylic acids is 4. The van der Waals surface area contributed by atoms with E-state index in [1.807, 2.05) is 13.1 Å². The van der Waals surface area contributed by atoms with Crippen molar-refractivity contribution in [1.82, 2.24) is 4.90 Å². The van der Waals surface area contributed by atoms with E-state index < -0.39 is 11.2 Å². The van der Waals surface area contributed by atoms with Gasteiger partial charge in [0.1, 0.15) is 11.5 Å². The molecule has 0 amide bonds. The van der Waals surface area contributed by atoms with Gasteiger partial charge in [0.2, 0.25) is 0 Å². The first-order valence-corrected chi connectivity index (χ1v) is 10.9. The highest BCUT2D eigenvalue weighted by Gasteiger charge is 2.24. The van der Waals surface area contributed by atoms with Crippen molar-refractivity contribution in [2.45, 2.75) is 13.3 Å². The summed E-state index contributed by atoms with van der Waals surface area (Å²) in [6, 6.07) is 5.53. The number of fused-ring (bicyclic) bond motifs is 1. The van der Waals surface area contributed by atoms with Gasteiger partial charge in [-0.05, 0) is 44.2 Å². The van der Waals surface area contributed by atoms with E-state index in [1.54, 1.807) is 0 Å². The zero-order chi connectivity index (χ0) is 25.3. The van der Waals surface area contributed by atoms with Crippen LogP contribution in [-0.4, -0.2) is 56.8 Å². The number of likely N-dealkylation sites (N-methyl/N-ethyl adjacent to an activating group) is 1. The van der Waals surface area contributed by atoms with Crippen molar-refractivity contribution in [2.24, 2.45) is 0 Å². The first kappa shape index (κ1) is 24.0. The third-order valence-electron chi connectivity index (χ3n) is 6.17. The molecule has 1 aliphatic rings. The molecule has 0 saturated carbocycles. The summed E-state index contributed by atoms with van der Waals surface area (Å²) in [5, 5.41) is 0.117. The van der Waals surface area contributed by atoms with E-state index in [-0.39, 0.29) is 44.5 Å². The van der Waals surface area contributed by atoms with E-state index in [0.29, 0.717) is 43.1 Å². The highest BCUT2D eigenvalue weighted by molar-refractivity contribution is 6.08. The number of aldehydes is 3. The van der Waals surface area contributed by atoms with Gasteiger partial charge in [-0.3, -0.25) is 24.0 Å². The number of hydrogen-bond donors (Lipinski definition) is 0. The lowest BCUT2D eigenvalue weighted by Gasteiger charge is -2.24. The molecular weight excluding hydrogens is 450 g/mol. The van der Waals surface area contributed by atoms with Crippen LogP contribution in [0.4, 0.5) is 0 Å². The second kappa shape index (κ2) is 9.60. The molecule has 0 aliphatic carbocycles. The number of Topliss-reactive ketones (excluding diaryl/α,β-unsaturated/α-hetero) is 1. The summed E-state index contributed by atoms with van der Waals surface area (Å²) in [6.07, 6.45) is 4.23. The molecule has 0 saturated heterocycles. The number of hydrogen-bond acceptors (Lipinski definition) is 8. The summed E-state index contributed by atoms with van der Waals surface area (Å²) in [7, 11) is 3.47. The van der Waals surface area contributed by atoms with Gasteiger partial charge in [0.05, 0.1) is 18.1 Å². The molecule has 8 nitrogen and oxygen atoms in total. The second-order valence-electron chi connectivity index (χ2n) is 8.40. The molecule has 4 rings (SSSR count). The van der Waals surface area contributed by atoms with E-state index in [2.05, 4.69) is 4.90 Å². The maximum absolute atomic E-state index is 13.2. The fraction of sp³-hybridized carbons (Fsp3) is 0.222. The number of ketones is 1. The van der Waals surface area contributed by atoms with Crippen molar-refractivity contribution in [1.29, 1.82) is 0 Å². The molecule has 1 aromatic heterocycles. The van der Waals surface area contributed by atoms with Crippen LogP contribution in [0.5, 0.6) is 5.75 Å². The topological polar surface area (TPSA) is 111 Å². The Morgan fingerprint density at radius 1 is 1.03 bits per heavy atom. The normalized spacial score (nSPS) is 13.9. The molecule has 0 bridgehead atoms. The lowest BCUT2D eigenvalue weighted by Crippen LogP contribution is -2.24. The standard InChI is InChI=1S/C27H23NO7/c1-15(32)24-18(12-29)8-17(9-19(24)13-30)22-11-21(33)25-20(14-31)10-23(34-3)26(27(25)35-22)16-4-6-28(2)7-5-16/h4,8-14H,5-7H2,1-3H3. The Morgan fingerprint density at radius 2 is 1.69 bits per heavy atom. The van der Waals surface area contributed by atoms with E-state index >= 15 is 0 Å². The number of rotatable bonds is 7. The summed E-state index contributed by atoms with van der Waals surface area (Å²) in [5.74, 6) is 0.0473. The van der Waals surface area contributed by atoms with Crippen LogP contribution in [0.3, 0.4) is 0 Å². The van der Waals surface area contributed by atoms with Crippen LogP contribution in [0.2, 0.25) is 0 Å². The molecule has 35 heavy (non-hydrogen) atoms. The van der Waals surface area contributed by atoms with Crippen molar-refractivity contribution in [2.75, 3.05) is 27.2 Å². The van der Waals surface area contributed by atoms with Crippen LogP contribution in [0.15, 0.2) is 39.6 Å². The maximum Gasteiger partial charge on any atom is 0.194 e. The van der Waals surface area contributed by atoms with Gasteiger partial charge in [0.25, 0.3) is 0 Å². The zero-order valence-electron chi connectivity index (χ0n) is 19.5. The predicted octanol–water partition coefficient (Wildman–Crippen LogP) is 3.83. The summed E-state index contributed by atoms with van der Waals surface area (Å²) >= 11 is 0. The molecule has 2 heterocycles. The molecule has 1 aliphatic heterocycles. The van der Waals surface area contributed by atoms with Crippen molar-refractivity contribution >= 4 is 41.2 Å². The zero-order valence-corrected chi connectivity index (χ0v) is 19.5. The molecule has 178 valence electrons. The number of ether oxygens (including phenoxy) is 1. The Bertz CT molecular complexity index is 1450. The summed E-state index contributed by atoms with van der Waals surface area (Å²) in [5.41, 5.74) is 1.64. The van der Waals surface area contributed by atoms with Gasteiger partial charge in [-0.2, -0.15) is 0 Å². The molecule has 0 unspecified atom stereocenters. The van der Waals surface area contributed by atoms with Crippen LogP contribution in [0.1, 0.15) is 60.3 Å². The van der Waals surface area contributed by atoms with Gasteiger partial charge in [-0.25, -0.2) is 0 Å². The lowest BCUT2D eigenvalue weighted by atomic mass is 9.93. The van der Waals surface area contributed by atoms with Crippen molar-refractivity contribution < 1.29 is 28.3 Å². The average Bonchev–Trinajstić information content (AvgIpc) is 2.87. The van der Waals surface area contributed by atoms with E-state index in [1.165, 1.54) is 38.3 Å². The average molecular weight is 473 g/mol. The first-order valence-electron chi connectivity index (χ1n) is 10.9. The van der Waals surface area contributed by atoms with Gasteiger partial charge in [-0.15, -0.1) is 0 Å². The first-order chi connectivity index (χ1) is 16.8. The molecule has 0 spiro atoms. The number of methoxy groups -OCH3 is 1. The van der Waals surface area contributed by atoms with Gasteiger partial charge < -0.3 is 14.1 Å². The van der Waals surface area contributed by atoms with Gasteiger partial charge >= 0.3 is 0 Å². The fourth-order valence-electron chi connectivity index (χ4n) is 4.46. The summed E-state index contributed by atoms with van der Waals surface area (Å²) in [6.45, 7) is 2.74. The molecule has 0 N–H and O–H groups in total. The van der Waals surface area contributed by atoms with Crippen molar-refractivity contribution in [3.63, 3.8) is 0 Å². The van der Waals surface area contributed by atoms with Crippen LogP contribution in [-0.2, 0) is 0 Å². The number of nitrogens with zero attached hydrogens (tertiary/aromatic N) is 1. The molecule has 0 radical (unpaired) electrons. The smallest absolute Gasteiger partial charge is 0.194 e. The Balaban J connectivity index is 2.08. The minimum atomic E-state index is -0.461. The van der Waals surface area contributed by atoms with Crippen molar-refractivity contribution in [3.05, 3.63) is 68.4 Å². The highest BCUT2D eigenvalue weighted by atomic mass is 16.5. The molecule has 2 aromatic carbocycles. The molecule has 0 atom stereocenters. The third kappa shape index (κ3) is 4.24. The molecule has 0 fully saturated rings.